The summed E-state index contributed by atoms with van der Waals surface area (Å²) in [6.07, 6.45) is -4.51. The van der Waals surface area contributed by atoms with Crippen molar-refractivity contribution in [2.45, 2.75) is 25.4 Å². The molecule has 0 aliphatic carbocycles. The van der Waals surface area contributed by atoms with Crippen molar-refractivity contribution in [1.29, 1.82) is 0 Å². The molecular weight excluding hydrogens is 331 g/mol. The van der Waals surface area contributed by atoms with Crippen LogP contribution >= 0.6 is 11.8 Å². The predicted octanol–water partition coefficient (Wildman–Crippen LogP) is 3.13. The quantitative estimate of drug-likeness (QED) is 0.708. The van der Waals surface area contributed by atoms with Crippen molar-refractivity contribution in [3.8, 4) is 0 Å². The maximum absolute atomic E-state index is 12.9. The number of aliphatic carboxylic acids is 1. The highest BCUT2D eigenvalue weighted by Crippen LogP contribution is 2.35. The van der Waals surface area contributed by atoms with Crippen LogP contribution in [-0.4, -0.2) is 35.0 Å². The van der Waals surface area contributed by atoms with E-state index in [0.717, 1.165) is 17.8 Å². The lowest BCUT2D eigenvalue weighted by Gasteiger charge is -2.18. The van der Waals surface area contributed by atoms with Crippen molar-refractivity contribution >= 4 is 23.6 Å². The molecule has 4 nitrogen and oxygen atoms in total. The van der Waals surface area contributed by atoms with Crippen LogP contribution in [0, 0.1) is 0 Å². The second kappa shape index (κ2) is 8.81. The third-order valence-electron chi connectivity index (χ3n) is 3.08. The third-order valence-corrected chi connectivity index (χ3v) is 4.03. The molecule has 0 aromatic heterocycles. The average Bonchev–Trinajstić information content (AvgIpc) is 2.45. The number of carboxylic acid groups (broad SMARTS) is 1. The van der Waals surface area contributed by atoms with Crippen LogP contribution in [-0.2, 0) is 15.8 Å². The third kappa shape index (κ3) is 6.94. The van der Waals surface area contributed by atoms with E-state index in [-0.39, 0.29) is 30.2 Å². The minimum Gasteiger partial charge on any atom is -0.481 e. The van der Waals surface area contributed by atoms with Crippen molar-refractivity contribution in [2.75, 3.05) is 18.1 Å². The summed E-state index contributed by atoms with van der Waals surface area (Å²) in [7, 11) is 0. The fourth-order valence-electron chi connectivity index (χ4n) is 2.07. The van der Waals surface area contributed by atoms with E-state index in [1.165, 1.54) is 18.2 Å². The number of nitrogens with one attached hydrogen (secondary N) is 1. The molecule has 0 saturated heterocycles. The Morgan fingerprint density at radius 1 is 1.30 bits per heavy atom. The van der Waals surface area contributed by atoms with Crippen molar-refractivity contribution in [2.24, 2.45) is 0 Å². The van der Waals surface area contributed by atoms with Gasteiger partial charge in [0, 0.05) is 18.7 Å². The second-order valence-corrected chi connectivity index (χ2v) is 6.09. The monoisotopic (exact) mass is 349 g/mol. The van der Waals surface area contributed by atoms with Crippen LogP contribution in [0.15, 0.2) is 24.3 Å². The van der Waals surface area contributed by atoms with Gasteiger partial charge >= 0.3 is 12.1 Å². The normalized spacial score (nSPS) is 12.7. The van der Waals surface area contributed by atoms with Gasteiger partial charge in [-0.05, 0) is 17.5 Å². The summed E-state index contributed by atoms with van der Waals surface area (Å²) in [5.74, 6) is -1.47. The summed E-state index contributed by atoms with van der Waals surface area (Å²) in [5.41, 5.74) is -0.632. The Balaban J connectivity index is 2.52. The lowest BCUT2D eigenvalue weighted by Crippen LogP contribution is -2.27. The first-order chi connectivity index (χ1) is 10.7. The van der Waals surface area contributed by atoms with E-state index < -0.39 is 23.6 Å². The fraction of sp³-hybridized carbons (Fsp3) is 0.467. The standard InChI is InChI=1S/C15H18F3NO3S/c1-10(8-13(20)19-6-7-23-9-14(21)22)11-4-2-3-5-12(11)15(16,17)18/h2-5,10H,6-9H2,1H3,(H,19,20)(H,21,22). The number of carbonyl (C=O) groups is 2. The van der Waals surface area contributed by atoms with Gasteiger partial charge in [0.05, 0.1) is 11.3 Å². The first kappa shape index (κ1) is 19.3. The molecular formula is C15H18F3NO3S. The molecule has 0 heterocycles. The highest BCUT2D eigenvalue weighted by molar-refractivity contribution is 7.99. The van der Waals surface area contributed by atoms with Gasteiger partial charge in [-0.3, -0.25) is 9.59 Å². The number of hydrogen-bond donors (Lipinski definition) is 2. The predicted molar refractivity (Wildman–Crippen MR) is 82.4 cm³/mol. The number of rotatable bonds is 8. The number of halogens is 3. The smallest absolute Gasteiger partial charge is 0.416 e. The number of alkyl halides is 3. The molecule has 0 aliphatic rings. The number of amides is 1. The van der Waals surface area contributed by atoms with E-state index in [1.807, 2.05) is 0 Å². The van der Waals surface area contributed by atoms with Gasteiger partial charge in [0.15, 0.2) is 0 Å². The topological polar surface area (TPSA) is 66.4 Å². The molecule has 0 bridgehead atoms. The van der Waals surface area contributed by atoms with Crippen LogP contribution in [0.3, 0.4) is 0 Å². The first-order valence-electron chi connectivity index (χ1n) is 6.94. The summed E-state index contributed by atoms with van der Waals surface area (Å²) in [4.78, 5) is 22.1. The Kier molecular flexibility index (Phi) is 7.41. The molecule has 1 aromatic carbocycles. The van der Waals surface area contributed by atoms with Crippen LogP contribution in [0.5, 0.6) is 0 Å². The van der Waals surface area contributed by atoms with E-state index >= 15 is 0 Å². The highest BCUT2D eigenvalue weighted by atomic mass is 32.2. The summed E-state index contributed by atoms with van der Waals surface area (Å²) in [6.45, 7) is 1.85. The molecule has 1 atom stereocenters. The lowest BCUT2D eigenvalue weighted by atomic mass is 9.92. The Hall–Kier alpha value is -1.70. The Morgan fingerprint density at radius 2 is 1.96 bits per heavy atom. The second-order valence-electron chi connectivity index (χ2n) is 4.99. The molecule has 2 N–H and O–H groups in total. The van der Waals surface area contributed by atoms with Crippen LogP contribution in [0.1, 0.15) is 30.4 Å². The van der Waals surface area contributed by atoms with E-state index in [0.29, 0.717) is 5.75 Å². The molecule has 0 spiro atoms. The summed E-state index contributed by atoms with van der Waals surface area (Å²) < 4.78 is 38.8. The van der Waals surface area contributed by atoms with E-state index in [4.69, 9.17) is 5.11 Å². The van der Waals surface area contributed by atoms with Crippen molar-refractivity contribution in [1.82, 2.24) is 5.32 Å². The van der Waals surface area contributed by atoms with E-state index in [9.17, 15) is 22.8 Å². The van der Waals surface area contributed by atoms with Crippen LogP contribution in [0.25, 0.3) is 0 Å². The van der Waals surface area contributed by atoms with Gasteiger partial charge in [-0.25, -0.2) is 0 Å². The van der Waals surface area contributed by atoms with Gasteiger partial charge in [-0.1, -0.05) is 25.1 Å². The van der Waals surface area contributed by atoms with Gasteiger partial charge < -0.3 is 10.4 Å². The zero-order chi connectivity index (χ0) is 17.5. The number of benzene rings is 1. The van der Waals surface area contributed by atoms with Gasteiger partial charge in [0.1, 0.15) is 0 Å². The Labute approximate surface area is 136 Å². The van der Waals surface area contributed by atoms with Crippen molar-refractivity contribution in [3.05, 3.63) is 35.4 Å². The first-order valence-corrected chi connectivity index (χ1v) is 8.09. The average molecular weight is 349 g/mol. The molecule has 0 saturated carbocycles. The minimum atomic E-state index is -4.45. The van der Waals surface area contributed by atoms with Crippen LogP contribution in [0.2, 0.25) is 0 Å². The molecule has 0 aliphatic heterocycles. The molecule has 0 fully saturated rings. The van der Waals surface area contributed by atoms with Gasteiger partial charge in [0.2, 0.25) is 5.91 Å². The lowest BCUT2D eigenvalue weighted by molar-refractivity contribution is -0.138. The zero-order valence-corrected chi connectivity index (χ0v) is 13.3. The maximum atomic E-state index is 12.9. The summed E-state index contributed by atoms with van der Waals surface area (Å²) in [5, 5.41) is 11.0. The fourth-order valence-corrected chi connectivity index (χ4v) is 2.63. The van der Waals surface area contributed by atoms with Gasteiger partial charge in [-0.2, -0.15) is 13.2 Å². The number of carboxylic acids is 1. The molecule has 0 radical (unpaired) electrons. The molecule has 1 amide bonds. The number of thioether (sulfide) groups is 1. The van der Waals surface area contributed by atoms with Crippen LogP contribution in [0.4, 0.5) is 13.2 Å². The molecule has 23 heavy (non-hydrogen) atoms. The zero-order valence-electron chi connectivity index (χ0n) is 12.5. The molecule has 128 valence electrons. The minimum absolute atomic E-state index is 0.0504. The van der Waals surface area contributed by atoms with Crippen molar-refractivity contribution in [3.63, 3.8) is 0 Å². The molecule has 1 aromatic rings. The Morgan fingerprint density at radius 3 is 2.57 bits per heavy atom. The SMILES string of the molecule is CC(CC(=O)NCCSCC(=O)O)c1ccccc1C(F)(F)F. The van der Waals surface area contributed by atoms with E-state index in [1.54, 1.807) is 6.92 Å². The maximum Gasteiger partial charge on any atom is 0.416 e. The van der Waals surface area contributed by atoms with Crippen molar-refractivity contribution < 1.29 is 27.9 Å². The molecule has 8 heteroatoms. The number of carbonyl (C=O) groups excluding carboxylic acids is 1. The summed E-state index contributed by atoms with van der Waals surface area (Å²) in [6, 6.07) is 5.22. The number of hydrogen-bond acceptors (Lipinski definition) is 3. The van der Waals surface area contributed by atoms with E-state index in [2.05, 4.69) is 5.32 Å². The van der Waals surface area contributed by atoms with Crippen LogP contribution < -0.4 is 5.32 Å². The molecule has 1 rings (SSSR count). The largest absolute Gasteiger partial charge is 0.481 e. The molecule has 1 unspecified atom stereocenters. The van der Waals surface area contributed by atoms with Gasteiger partial charge in [-0.15, -0.1) is 11.8 Å². The Bertz CT molecular complexity index is 549. The summed E-state index contributed by atoms with van der Waals surface area (Å²) >= 11 is 1.16. The highest BCUT2D eigenvalue weighted by Gasteiger charge is 2.34. The van der Waals surface area contributed by atoms with Gasteiger partial charge in [0.25, 0.3) is 0 Å².